The molecule has 0 aliphatic heterocycles. The Kier molecular flexibility index (Phi) is 8.34. The fraction of sp³-hybridized carbons (Fsp3) is 0.360. The van der Waals surface area contributed by atoms with Gasteiger partial charge in [0.1, 0.15) is 12.4 Å². The number of nitrogens with one attached hydrogen (secondary N) is 1. The van der Waals surface area contributed by atoms with Crippen LogP contribution in [-0.4, -0.2) is 43.6 Å². The fourth-order valence-electron chi connectivity index (χ4n) is 4.22. The maximum Gasteiger partial charge on any atom is 0.151 e. The molecule has 1 N–H and O–H groups in total. The van der Waals surface area contributed by atoms with Gasteiger partial charge in [0.05, 0.1) is 48.4 Å². The average Bonchev–Trinajstić information content (AvgIpc) is 3.17. The van der Waals surface area contributed by atoms with Gasteiger partial charge in [0, 0.05) is 31.2 Å². The second-order valence-electron chi connectivity index (χ2n) is 7.93. The minimum absolute atomic E-state index is 0.0381. The first-order valence-electron chi connectivity index (χ1n) is 10.9. The molecule has 2 aromatic carbocycles. The second-order valence-corrected chi connectivity index (χ2v) is 8.77. The Hall–Kier alpha value is -2.29. The summed E-state index contributed by atoms with van der Waals surface area (Å²) in [6, 6.07) is 13.1. The van der Waals surface area contributed by atoms with Crippen molar-refractivity contribution in [2.24, 2.45) is 0 Å². The molecule has 0 radical (unpaired) electrons. The summed E-state index contributed by atoms with van der Waals surface area (Å²) in [6.45, 7) is -0.0450. The van der Waals surface area contributed by atoms with E-state index in [2.05, 4.69) is 11.4 Å². The Balaban J connectivity index is 1.77. The zero-order chi connectivity index (χ0) is 24.1. The first-order chi connectivity index (χ1) is 16.5. The molecule has 1 aromatic heterocycles. The van der Waals surface area contributed by atoms with Gasteiger partial charge in [-0.1, -0.05) is 47.5 Å². The van der Waals surface area contributed by atoms with E-state index < -0.39 is 6.67 Å². The number of methoxy groups -OCH3 is 2. The highest BCUT2D eigenvalue weighted by Gasteiger charge is 2.34. The van der Waals surface area contributed by atoms with E-state index in [1.165, 1.54) is 0 Å². The molecule has 6 nitrogen and oxygen atoms in total. The second kappa shape index (κ2) is 11.4. The molecule has 34 heavy (non-hydrogen) atoms. The molecule has 1 aliphatic rings. The summed E-state index contributed by atoms with van der Waals surface area (Å²) >= 11 is 12.6. The van der Waals surface area contributed by atoms with Crippen molar-refractivity contribution in [1.82, 2.24) is 9.97 Å². The highest BCUT2D eigenvalue weighted by molar-refractivity contribution is 6.36. The Morgan fingerprint density at radius 2 is 1.79 bits per heavy atom. The summed E-state index contributed by atoms with van der Waals surface area (Å²) in [6.07, 6.45) is 0.450. The van der Waals surface area contributed by atoms with E-state index in [0.29, 0.717) is 44.9 Å². The smallest absolute Gasteiger partial charge is 0.151 e. The van der Waals surface area contributed by atoms with Crippen molar-refractivity contribution >= 4 is 29.0 Å². The van der Waals surface area contributed by atoms with Crippen LogP contribution >= 0.6 is 23.2 Å². The van der Waals surface area contributed by atoms with E-state index in [1.54, 1.807) is 26.4 Å². The predicted octanol–water partition coefficient (Wildman–Crippen LogP) is 5.81. The number of anilines is 1. The summed E-state index contributed by atoms with van der Waals surface area (Å²) in [7, 11) is 3.20. The van der Waals surface area contributed by atoms with Crippen molar-refractivity contribution < 1.29 is 18.6 Å². The molecule has 3 aromatic rings. The largest absolute Gasteiger partial charge is 0.378 e. The van der Waals surface area contributed by atoms with E-state index in [9.17, 15) is 4.39 Å². The number of fused-ring (bicyclic) bond motifs is 1. The topological polar surface area (TPSA) is 65.5 Å². The van der Waals surface area contributed by atoms with E-state index in [-0.39, 0.29) is 32.0 Å². The van der Waals surface area contributed by atoms with Crippen LogP contribution in [0.2, 0.25) is 10.0 Å². The number of hydrogen-bond donors (Lipinski definition) is 1. The Bertz CT molecular complexity index is 1150. The minimum Gasteiger partial charge on any atom is -0.378 e. The third-order valence-corrected chi connectivity index (χ3v) is 6.22. The van der Waals surface area contributed by atoms with E-state index in [1.807, 2.05) is 24.3 Å². The van der Waals surface area contributed by atoms with E-state index in [0.717, 1.165) is 11.1 Å². The molecule has 0 fully saturated rings. The van der Waals surface area contributed by atoms with Crippen LogP contribution in [0.25, 0.3) is 11.3 Å². The number of alkyl halides is 1. The first kappa shape index (κ1) is 24.8. The van der Waals surface area contributed by atoms with Gasteiger partial charge in [0.15, 0.2) is 5.82 Å². The Labute approximate surface area is 208 Å². The lowest BCUT2D eigenvalue weighted by atomic mass is 10.1. The molecule has 0 saturated carbocycles. The zero-order valence-corrected chi connectivity index (χ0v) is 20.5. The standard InChI is InChI=1S/C25H26Cl2FN3O3/c1-32-13-20-23(18-8-7-16(26)12-19(18)27)29-21(14-33-2)25(30-20)31-24-17-6-4-3-5-15(17)11-22(24)34-10-9-28/h3-8,12,22,24H,9-11,13-14H2,1-2H3,(H,30,31). The molecule has 0 spiro atoms. The van der Waals surface area contributed by atoms with Crippen molar-refractivity contribution in [3.63, 3.8) is 0 Å². The summed E-state index contributed by atoms with van der Waals surface area (Å²) < 4.78 is 29.6. The lowest BCUT2D eigenvalue weighted by Crippen LogP contribution is -2.27. The molecule has 0 saturated heterocycles. The molecule has 2 unspecified atom stereocenters. The highest BCUT2D eigenvalue weighted by Crippen LogP contribution is 2.38. The van der Waals surface area contributed by atoms with Crippen molar-refractivity contribution in [3.05, 3.63) is 75.0 Å². The van der Waals surface area contributed by atoms with Crippen LogP contribution in [0.1, 0.15) is 28.6 Å². The van der Waals surface area contributed by atoms with Crippen molar-refractivity contribution in [1.29, 1.82) is 0 Å². The number of rotatable bonds is 10. The number of nitrogens with zero attached hydrogens (tertiary/aromatic N) is 2. The SMILES string of the molecule is COCc1nc(-c2ccc(Cl)cc2Cl)c(COC)nc1NC1c2ccccc2CC1OCCF. The molecule has 2 atom stereocenters. The summed E-state index contributed by atoms with van der Waals surface area (Å²) in [5.74, 6) is 0.554. The maximum atomic E-state index is 12.9. The fourth-order valence-corrected chi connectivity index (χ4v) is 4.72. The van der Waals surface area contributed by atoms with Gasteiger partial charge in [-0.05, 0) is 29.3 Å². The van der Waals surface area contributed by atoms with Gasteiger partial charge in [-0.25, -0.2) is 14.4 Å². The Morgan fingerprint density at radius 3 is 2.53 bits per heavy atom. The van der Waals surface area contributed by atoms with Gasteiger partial charge >= 0.3 is 0 Å². The van der Waals surface area contributed by atoms with E-state index >= 15 is 0 Å². The summed E-state index contributed by atoms with van der Waals surface area (Å²) in [4.78, 5) is 9.74. The van der Waals surface area contributed by atoms with Crippen molar-refractivity contribution in [3.8, 4) is 11.3 Å². The third kappa shape index (κ3) is 5.34. The summed E-state index contributed by atoms with van der Waals surface area (Å²) in [5, 5.41) is 4.50. The molecule has 0 amide bonds. The van der Waals surface area contributed by atoms with Crippen molar-refractivity contribution in [2.75, 3.05) is 32.8 Å². The summed E-state index contributed by atoms with van der Waals surface area (Å²) in [5.41, 5.74) is 4.77. The monoisotopic (exact) mass is 505 g/mol. The molecule has 4 rings (SSSR count). The van der Waals surface area contributed by atoms with Gasteiger partial charge < -0.3 is 19.5 Å². The molecule has 0 bridgehead atoms. The van der Waals surface area contributed by atoms with E-state index in [4.69, 9.17) is 47.4 Å². The third-order valence-electron chi connectivity index (χ3n) is 5.67. The number of halogens is 3. The van der Waals surface area contributed by atoms with Crippen LogP contribution in [0.3, 0.4) is 0 Å². The lowest BCUT2D eigenvalue weighted by Gasteiger charge is -2.24. The molecule has 1 heterocycles. The normalized spacial score (nSPS) is 17.1. The molecule has 180 valence electrons. The molecule has 9 heteroatoms. The van der Waals surface area contributed by atoms with Crippen molar-refractivity contribution in [2.45, 2.75) is 31.8 Å². The van der Waals surface area contributed by atoms with Crippen LogP contribution < -0.4 is 5.32 Å². The highest BCUT2D eigenvalue weighted by atomic mass is 35.5. The minimum atomic E-state index is -0.539. The number of hydrogen-bond acceptors (Lipinski definition) is 6. The van der Waals surface area contributed by atoms with Crippen LogP contribution in [0.5, 0.6) is 0 Å². The number of benzene rings is 2. The zero-order valence-electron chi connectivity index (χ0n) is 19.0. The lowest BCUT2D eigenvalue weighted by molar-refractivity contribution is 0.0393. The maximum absolute atomic E-state index is 12.9. The average molecular weight is 506 g/mol. The van der Waals surface area contributed by atoms with Gasteiger partial charge in [-0.15, -0.1) is 0 Å². The Morgan fingerprint density at radius 1 is 1.03 bits per heavy atom. The van der Waals surface area contributed by atoms with Crippen LogP contribution in [0, 0.1) is 0 Å². The van der Waals surface area contributed by atoms with Gasteiger partial charge in [0.2, 0.25) is 0 Å². The first-order valence-corrected chi connectivity index (χ1v) is 11.7. The van der Waals surface area contributed by atoms with Crippen LogP contribution in [-0.2, 0) is 33.8 Å². The molecular formula is C25H26Cl2FN3O3. The predicted molar refractivity (Wildman–Crippen MR) is 131 cm³/mol. The molecule has 1 aliphatic carbocycles. The van der Waals surface area contributed by atoms with Crippen LogP contribution in [0.4, 0.5) is 10.2 Å². The molecular weight excluding hydrogens is 480 g/mol. The van der Waals surface area contributed by atoms with Crippen LogP contribution in [0.15, 0.2) is 42.5 Å². The number of ether oxygens (including phenoxy) is 3. The quantitative estimate of drug-likeness (QED) is 0.375. The van der Waals surface area contributed by atoms with Gasteiger partial charge in [-0.2, -0.15) is 0 Å². The number of aromatic nitrogens is 2. The van der Waals surface area contributed by atoms with Gasteiger partial charge in [0.25, 0.3) is 0 Å². The van der Waals surface area contributed by atoms with Gasteiger partial charge in [-0.3, -0.25) is 0 Å².